The summed E-state index contributed by atoms with van der Waals surface area (Å²) in [7, 11) is 0. The number of aryl methyl sites for hydroxylation is 2. The highest BCUT2D eigenvalue weighted by molar-refractivity contribution is 7.17. The number of para-hydroxylation sites is 1. The molecule has 0 aliphatic carbocycles. The fourth-order valence-corrected chi connectivity index (χ4v) is 3.26. The lowest BCUT2D eigenvalue weighted by atomic mass is 10.1. The van der Waals surface area contributed by atoms with Crippen LogP contribution >= 0.6 is 11.3 Å². The van der Waals surface area contributed by atoms with Gasteiger partial charge in [-0.15, -0.1) is 0 Å². The monoisotopic (exact) mass is 342 g/mol. The number of hydrazone groups is 1. The molecule has 0 fully saturated rings. The van der Waals surface area contributed by atoms with Crippen LogP contribution in [0.5, 0.6) is 0 Å². The highest BCUT2D eigenvalue weighted by Gasteiger charge is 2.16. The Labute approximate surface area is 143 Å². The smallest absolute Gasteiger partial charge is 0.350 e. The number of hydrogen-bond acceptors (Lipinski definition) is 6. The van der Waals surface area contributed by atoms with E-state index in [9.17, 15) is 4.79 Å². The quantitative estimate of drug-likeness (QED) is 0.419. The summed E-state index contributed by atoms with van der Waals surface area (Å²) in [6, 6.07) is 8.07. The fraction of sp³-hybridized carbons (Fsp3) is 0.235. The Hall–Kier alpha value is -2.67. The van der Waals surface area contributed by atoms with Gasteiger partial charge >= 0.3 is 5.97 Å². The maximum atomic E-state index is 11.8. The zero-order chi connectivity index (χ0) is 17.1. The normalized spacial score (nSPS) is 11.3. The SMILES string of the molecule is CCOC(=O)c1sc(N/N=C\c2c(C)[nH]c3ccccc23)nc1C. The summed E-state index contributed by atoms with van der Waals surface area (Å²) >= 11 is 1.23. The highest BCUT2D eigenvalue weighted by Crippen LogP contribution is 2.24. The average molecular weight is 342 g/mol. The molecule has 2 N–H and O–H groups in total. The average Bonchev–Trinajstić information content (AvgIpc) is 3.08. The number of aromatic amines is 1. The maximum Gasteiger partial charge on any atom is 0.350 e. The van der Waals surface area contributed by atoms with Crippen LogP contribution in [-0.2, 0) is 4.74 Å². The summed E-state index contributed by atoms with van der Waals surface area (Å²) in [4.78, 5) is 19.9. The van der Waals surface area contributed by atoms with Gasteiger partial charge in [0.05, 0.1) is 18.5 Å². The molecule has 1 aromatic carbocycles. The lowest BCUT2D eigenvalue weighted by molar-refractivity contribution is 0.0531. The van der Waals surface area contributed by atoms with Gasteiger partial charge in [-0.05, 0) is 26.8 Å². The third kappa shape index (κ3) is 3.16. The molecule has 124 valence electrons. The van der Waals surface area contributed by atoms with Gasteiger partial charge in [-0.2, -0.15) is 5.10 Å². The van der Waals surface area contributed by atoms with Gasteiger partial charge in [0.15, 0.2) is 0 Å². The summed E-state index contributed by atoms with van der Waals surface area (Å²) in [6.07, 6.45) is 1.76. The Kier molecular flexibility index (Phi) is 4.61. The summed E-state index contributed by atoms with van der Waals surface area (Å²) < 4.78 is 5.01. The molecule has 0 unspecified atom stereocenters. The second-order valence-corrected chi connectivity index (χ2v) is 6.23. The number of anilines is 1. The van der Waals surface area contributed by atoms with E-state index in [4.69, 9.17) is 4.74 Å². The third-order valence-corrected chi connectivity index (χ3v) is 4.60. The molecule has 0 atom stereocenters. The lowest BCUT2D eigenvalue weighted by Gasteiger charge is -1.97. The highest BCUT2D eigenvalue weighted by atomic mass is 32.1. The van der Waals surface area contributed by atoms with Crippen LogP contribution in [0, 0.1) is 13.8 Å². The Morgan fingerprint density at radius 3 is 3.00 bits per heavy atom. The van der Waals surface area contributed by atoms with Crippen molar-refractivity contribution in [1.29, 1.82) is 0 Å². The number of aromatic nitrogens is 2. The van der Waals surface area contributed by atoms with E-state index in [1.807, 2.05) is 31.2 Å². The van der Waals surface area contributed by atoms with Crippen LogP contribution in [0.25, 0.3) is 10.9 Å². The first-order valence-electron chi connectivity index (χ1n) is 7.61. The second kappa shape index (κ2) is 6.84. The van der Waals surface area contributed by atoms with Crippen molar-refractivity contribution in [2.24, 2.45) is 5.10 Å². The van der Waals surface area contributed by atoms with E-state index in [1.165, 1.54) is 11.3 Å². The molecule has 0 bridgehead atoms. The molecule has 0 aliphatic heterocycles. The molecule has 3 rings (SSSR count). The molecule has 0 spiro atoms. The molecule has 0 amide bonds. The molecule has 7 heteroatoms. The standard InChI is InChI=1S/C17H18N4O2S/c1-4-23-16(22)15-11(3)20-17(24-15)21-18-9-13-10(2)19-14-8-6-5-7-12(13)14/h5-9,19H,4H2,1-3H3,(H,20,21)/b18-9-. The van der Waals surface area contributed by atoms with Crippen LogP contribution in [0.1, 0.15) is 33.5 Å². The van der Waals surface area contributed by atoms with E-state index in [2.05, 4.69) is 20.5 Å². The van der Waals surface area contributed by atoms with Crippen LogP contribution in [-0.4, -0.2) is 28.8 Å². The number of esters is 1. The number of benzene rings is 1. The van der Waals surface area contributed by atoms with Gasteiger partial charge in [0.2, 0.25) is 5.13 Å². The van der Waals surface area contributed by atoms with Crippen molar-refractivity contribution in [3.63, 3.8) is 0 Å². The van der Waals surface area contributed by atoms with Crippen LogP contribution in [0.2, 0.25) is 0 Å². The molecule has 6 nitrogen and oxygen atoms in total. The number of thiazole rings is 1. The first-order chi connectivity index (χ1) is 11.6. The summed E-state index contributed by atoms with van der Waals surface area (Å²) in [5.74, 6) is -0.350. The number of carbonyl (C=O) groups is 1. The molecular formula is C17H18N4O2S. The molecule has 2 aromatic heterocycles. The van der Waals surface area contributed by atoms with Crippen molar-refractivity contribution in [1.82, 2.24) is 9.97 Å². The van der Waals surface area contributed by atoms with E-state index in [-0.39, 0.29) is 5.97 Å². The minimum atomic E-state index is -0.350. The number of rotatable bonds is 5. The van der Waals surface area contributed by atoms with Gasteiger partial charge in [-0.3, -0.25) is 5.43 Å². The minimum Gasteiger partial charge on any atom is -0.462 e. The number of ether oxygens (including phenoxy) is 1. The lowest BCUT2D eigenvalue weighted by Crippen LogP contribution is -2.03. The number of fused-ring (bicyclic) bond motifs is 1. The fourth-order valence-electron chi connectivity index (χ4n) is 2.45. The Morgan fingerprint density at radius 1 is 1.42 bits per heavy atom. The molecule has 0 saturated carbocycles. The largest absolute Gasteiger partial charge is 0.462 e. The number of carbonyl (C=O) groups excluding carboxylic acids is 1. The molecule has 2 heterocycles. The molecular weight excluding hydrogens is 324 g/mol. The summed E-state index contributed by atoms with van der Waals surface area (Å²) in [6.45, 7) is 5.91. The van der Waals surface area contributed by atoms with Crippen LogP contribution in [0.15, 0.2) is 29.4 Å². The van der Waals surface area contributed by atoms with Crippen LogP contribution in [0.3, 0.4) is 0 Å². The minimum absolute atomic E-state index is 0.344. The first-order valence-corrected chi connectivity index (χ1v) is 8.42. The van der Waals surface area contributed by atoms with Gasteiger partial charge in [0.1, 0.15) is 4.88 Å². The predicted molar refractivity (Wildman–Crippen MR) is 97.1 cm³/mol. The molecule has 24 heavy (non-hydrogen) atoms. The topological polar surface area (TPSA) is 79.4 Å². The van der Waals surface area contributed by atoms with Gasteiger partial charge in [-0.25, -0.2) is 9.78 Å². The zero-order valence-corrected chi connectivity index (χ0v) is 14.5. The van der Waals surface area contributed by atoms with E-state index in [0.717, 1.165) is 22.2 Å². The Bertz CT molecular complexity index is 911. The van der Waals surface area contributed by atoms with Gasteiger partial charge in [-0.1, -0.05) is 29.5 Å². The van der Waals surface area contributed by atoms with Crippen molar-refractivity contribution < 1.29 is 9.53 Å². The zero-order valence-electron chi connectivity index (χ0n) is 13.7. The molecule has 0 radical (unpaired) electrons. The van der Waals surface area contributed by atoms with Crippen molar-refractivity contribution in [3.05, 3.63) is 46.1 Å². The van der Waals surface area contributed by atoms with Gasteiger partial charge in [0, 0.05) is 22.2 Å². The molecule has 3 aromatic rings. The first kappa shape index (κ1) is 16.2. The van der Waals surface area contributed by atoms with Crippen LogP contribution in [0.4, 0.5) is 5.13 Å². The Balaban J connectivity index is 1.78. The number of nitrogens with one attached hydrogen (secondary N) is 2. The van der Waals surface area contributed by atoms with Crippen molar-refractivity contribution in [2.45, 2.75) is 20.8 Å². The van der Waals surface area contributed by atoms with Crippen molar-refractivity contribution in [3.8, 4) is 0 Å². The van der Waals surface area contributed by atoms with Crippen molar-refractivity contribution in [2.75, 3.05) is 12.0 Å². The second-order valence-electron chi connectivity index (χ2n) is 5.23. The number of hydrogen-bond donors (Lipinski definition) is 2. The maximum absolute atomic E-state index is 11.8. The predicted octanol–water partition coefficient (Wildman–Crippen LogP) is 3.86. The van der Waals surface area contributed by atoms with E-state index < -0.39 is 0 Å². The third-order valence-electron chi connectivity index (χ3n) is 3.55. The summed E-state index contributed by atoms with van der Waals surface area (Å²) in [5, 5.41) is 5.93. The van der Waals surface area contributed by atoms with E-state index >= 15 is 0 Å². The van der Waals surface area contributed by atoms with Gasteiger partial charge < -0.3 is 9.72 Å². The van der Waals surface area contributed by atoms with Crippen LogP contribution < -0.4 is 5.43 Å². The molecule has 0 saturated heterocycles. The molecule has 0 aliphatic rings. The Morgan fingerprint density at radius 2 is 2.21 bits per heavy atom. The number of nitrogens with zero attached hydrogens (tertiary/aromatic N) is 2. The van der Waals surface area contributed by atoms with Crippen molar-refractivity contribution >= 4 is 39.6 Å². The van der Waals surface area contributed by atoms with E-state index in [1.54, 1.807) is 20.1 Å². The van der Waals surface area contributed by atoms with Gasteiger partial charge in [0.25, 0.3) is 0 Å². The van der Waals surface area contributed by atoms with E-state index in [0.29, 0.717) is 22.3 Å². The summed E-state index contributed by atoms with van der Waals surface area (Å²) in [5.41, 5.74) is 6.67. The number of H-pyrrole nitrogens is 1.